The number of fused-ring (bicyclic) bond motifs is 2. The van der Waals surface area contributed by atoms with E-state index in [1.54, 1.807) is 0 Å². The maximum atomic E-state index is 2.34. The van der Waals surface area contributed by atoms with Crippen LogP contribution in [0.2, 0.25) is 0 Å². The van der Waals surface area contributed by atoms with Crippen molar-refractivity contribution in [3.63, 3.8) is 0 Å². The second-order valence-electron chi connectivity index (χ2n) is 3.78. The van der Waals surface area contributed by atoms with Gasteiger partial charge in [0, 0.05) is 0 Å². The van der Waals surface area contributed by atoms with Gasteiger partial charge in [-0.25, -0.2) is 0 Å². The second kappa shape index (κ2) is 2.94. The van der Waals surface area contributed by atoms with E-state index < -0.39 is 0 Å². The van der Waals surface area contributed by atoms with Crippen molar-refractivity contribution in [2.75, 3.05) is 0 Å². The number of hydrogen-bond acceptors (Lipinski definition) is 0. The van der Waals surface area contributed by atoms with Crippen molar-refractivity contribution >= 4 is 0 Å². The molecule has 0 amide bonds. The molecular weight excluding hydrogens is 211 g/mol. The largest absolute Gasteiger partial charge is 2.00 e. The Morgan fingerprint density at radius 3 is 2.64 bits per heavy atom. The Hall–Kier alpha value is 0.233. The molecule has 1 heteroatoms. The van der Waals surface area contributed by atoms with Crippen molar-refractivity contribution in [1.29, 1.82) is 0 Å². The van der Waals surface area contributed by atoms with Gasteiger partial charge in [-0.3, -0.25) is 0 Å². The first-order chi connectivity index (χ1) is 4.71. The smallest absolute Gasteiger partial charge is 0.179 e. The van der Waals surface area contributed by atoms with Crippen LogP contribution >= 0.6 is 0 Å². The summed E-state index contributed by atoms with van der Waals surface area (Å²) in [6.45, 7) is 4.66. The van der Waals surface area contributed by atoms with Gasteiger partial charge in [0.25, 0.3) is 0 Å². The maximum Gasteiger partial charge on any atom is 2.00 e. The Kier molecular flexibility index (Phi) is 2.49. The molecular formula is C10H13Zr+. The van der Waals surface area contributed by atoms with Crippen LogP contribution in [-0.4, -0.2) is 0 Å². The molecule has 2 aliphatic rings. The van der Waals surface area contributed by atoms with Crippen LogP contribution in [-0.2, 0) is 26.2 Å². The van der Waals surface area contributed by atoms with E-state index in [0.29, 0.717) is 5.41 Å². The molecule has 2 rings (SSSR count). The minimum absolute atomic E-state index is 0. The fourth-order valence-corrected chi connectivity index (χ4v) is 1.87. The average Bonchev–Trinajstić information content (AvgIpc) is 2.17. The molecule has 56 valence electrons. The predicted octanol–water partition coefficient (Wildman–Crippen LogP) is 2.73. The monoisotopic (exact) mass is 223 g/mol. The first kappa shape index (κ1) is 9.32. The van der Waals surface area contributed by atoms with Crippen LogP contribution in [0.1, 0.15) is 20.3 Å². The van der Waals surface area contributed by atoms with Gasteiger partial charge in [-0.05, 0) is 0 Å². The molecule has 0 aromatic carbocycles. The maximum absolute atomic E-state index is 2.34. The van der Waals surface area contributed by atoms with E-state index >= 15 is 0 Å². The third-order valence-electron chi connectivity index (χ3n) is 2.87. The zero-order valence-corrected chi connectivity index (χ0v) is 9.55. The Balaban J connectivity index is 0.000000605. The summed E-state index contributed by atoms with van der Waals surface area (Å²) in [7, 11) is 0. The van der Waals surface area contributed by atoms with Crippen LogP contribution in [0, 0.1) is 17.3 Å². The summed E-state index contributed by atoms with van der Waals surface area (Å²) in [6, 6.07) is 0. The van der Waals surface area contributed by atoms with E-state index in [-0.39, 0.29) is 26.2 Å². The third kappa shape index (κ3) is 1.29. The molecule has 0 spiro atoms. The topological polar surface area (TPSA) is 0 Å². The molecule has 2 aliphatic carbocycles. The minimum Gasteiger partial charge on any atom is -0.179 e. The van der Waals surface area contributed by atoms with Crippen molar-refractivity contribution in [1.82, 2.24) is 0 Å². The van der Waals surface area contributed by atoms with Gasteiger partial charge in [0.1, 0.15) is 0 Å². The summed E-state index contributed by atoms with van der Waals surface area (Å²) in [5, 5.41) is 0. The SMILES string of the molecule is CC1(C)[C-]2C=CCC1C=C2.[Zr+2]. The van der Waals surface area contributed by atoms with E-state index in [1.165, 1.54) is 12.3 Å². The molecule has 1 atom stereocenters. The van der Waals surface area contributed by atoms with Crippen molar-refractivity contribution in [3.8, 4) is 0 Å². The summed E-state index contributed by atoms with van der Waals surface area (Å²) in [5.41, 5.74) is 0.425. The molecule has 0 heterocycles. The van der Waals surface area contributed by atoms with Crippen LogP contribution in [0.25, 0.3) is 0 Å². The number of allylic oxidation sites excluding steroid dienone is 4. The molecule has 0 saturated heterocycles. The molecule has 0 radical (unpaired) electrons. The molecule has 0 aromatic heterocycles. The van der Waals surface area contributed by atoms with E-state index in [1.807, 2.05) is 0 Å². The molecule has 0 fully saturated rings. The zero-order valence-electron chi connectivity index (χ0n) is 7.09. The third-order valence-corrected chi connectivity index (χ3v) is 2.87. The minimum atomic E-state index is 0. The van der Waals surface area contributed by atoms with Gasteiger partial charge in [0.2, 0.25) is 0 Å². The molecule has 2 bridgehead atoms. The standard InChI is InChI=1S/C10H13.Zr/c1-10(2)8-4-3-5-9(10)7-6-8;/h3-4,6-7,9H,5H2,1-2H3;/q-1;+2. The van der Waals surface area contributed by atoms with Crippen molar-refractivity contribution in [2.24, 2.45) is 11.3 Å². The van der Waals surface area contributed by atoms with Crippen LogP contribution in [0.3, 0.4) is 0 Å². The Morgan fingerprint density at radius 2 is 2.09 bits per heavy atom. The Labute approximate surface area is 87.9 Å². The molecule has 0 aliphatic heterocycles. The second-order valence-corrected chi connectivity index (χ2v) is 3.78. The van der Waals surface area contributed by atoms with Crippen LogP contribution in [0.5, 0.6) is 0 Å². The molecule has 0 aromatic rings. The first-order valence-corrected chi connectivity index (χ1v) is 3.93. The van der Waals surface area contributed by atoms with Gasteiger partial charge in [-0.2, -0.15) is 30.2 Å². The van der Waals surface area contributed by atoms with Crippen LogP contribution in [0.4, 0.5) is 0 Å². The van der Waals surface area contributed by atoms with E-state index in [9.17, 15) is 0 Å². The normalized spacial score (nSPS) is 30.4. The van der Waals surface area contributed by atoms with E-state index in [4.69, 9.17) is 0 Å². The molecule has 11 heavy (non-hydrogen) atoms. The van der Waals surface area contributed by atoms with Gasteiger partial charge in [-0.15, -0.1) is 0 Å². The van der Waals surface area contributed by atoms with Gasteiger partial charge in [0.15, 0.2) is 0 Å². The quantitative estimate of drug-likeness (QED) is 0.555. The Morgan fingerprint density at radius 1 is 1.36 bits per heavy atom. The van der Waals surface area contributed by atoms with Crippen LogP contribution in [0.15, 0.2) is 24.3 Å². The first-order valence-electron chi connectivity index (χ1n) is 3.93. The number of hydrogen-bond donors (Lipinski definition) is 0. The van der Waals surface area contributed by atoms with E-state index in [0.717, 1.165) is 5.92 Å². The summed E-state index contributed by atoms with van der Waals surface area (Å²) in [6.07, 6.45) is 10.4. The van der Waals surface area contributed by atoms with Crippen molar-refractivity contribution in [3.05, 3.63) is 30.2 Å². The molecule has 0 nitrogen and oxygen atoms in total. The summed E-state index contributed by atoms with van der Waals surface area (Å²) >= 11 is 0. The van der Waals surface area contributed by atoms with Crippen molar-refractivity contribution in [2.45, 2.75) is 20.3 Å². The molecule has 0 N–H and O–H groups in total. The fraction of sp³-hybridized carbons (Fsp3) is 0.500. The van der Waals surface area contributed by atoms with Crippen molar-refractivity contribution < 1.29 is 26.2 Å². The number of rotatable bonds is 0. The van der Waals surface area contributed by atoms with Gasteiger partial charge in [0.05, 0.1) is 0 Å². The average molecular weight is 224 g/mol. The summed E-state index contributed by atoms with van der Waals surface area (Å²) in [5.74, 6) is 2.27. The fourth-order valence-electron chi connectivity index (χ4n) is 1.87. The Bertz CT molecular complexity index is 199. The zero-order chi connectivity index (χ0) is 7.19. The van der Waals surface area contributed by atoms with Crippen LogP contribution < -0.4 is 0 Å². The summed E-state index contributed by atoms with van der Waals surface area (Å²) in [4.78, 5) is 0. The van der Waals surface area contributed by atoms with Gasteiger partial charge in [-0.1, -0.05) is 31.6 Å². The predicted molar refractivity (Wildman–Crippen MR) is 43.4 cm³/mol. The molecule has 1 unspecified atom stereocenters. The summed E-state index contributed by atoms with van der Waals surface area (Å²) < 4.78 is 0. The van der Waals surface area contributed by atoms with Gasteiger partial charge < -0.3 is 0 Å². The van der Waals surface area contributed by atoms with E-state index in [2.05, 4.69) is 38.2 Å². The molecule has 0 saturated carbocycles. The van der Waals surface area contributed by atoms with Gasteiger partial charge >= 0.3 is 26.2 Å².